The highest BCUT2D eigenvalue weighted by Gasteiger charge is 2.23. The summed E-state index contributed by atoms with van der Waals surface area (Å²) in [5, 5.41) is 14.5. The first kappa shape index (κ1) is 19.1. The second-order valence-electron chi connectivity index (χ2n) is 7.50. The number of rotatable bonds is 6. The van der Waals surface area contributed by atoms with E-state index in [9.17, 15) is 13.5 Å². The minimum Gasteiger partial charge on any atom is -0.386 e. The topological polar surface area (TPSA) is 75.4 Å². The van der Waals surface area contributed by atoms with Crippen LogP contribution in [-0.4, -0.2) is 46.8 Å². The molecule has 26 heavy (non-hydrogen) atoms. The Balaban J connectivity index is 1.66. The lowest BCUT2D eigenvalue weighted by Gasteiger charge is -2.27. The third-order valence-electron chi connectivity index (χ3n) is 4.75. The summed E-state index contributed by atoms with van der Waals surface area (Å²) >= 11 is 0. The summed E-state index contributed by atoms with van der Waals surface area (Å²) in [6.45, 7) is 7.61. The van der Waals surface area contributed by atoms with Crippen LogP contribution in [0.5, 0.6) is 0 Å². The van der Waals surface area contributed by atoms with Gasteiger partial charge in [0.15, 0.2) is 0 Å². The Bertz CT molecular complexity index is 857. The third kappa shape index (κ3) is 4.72. The van der Waals surface area contributed by atoms with E-state index in [1.54, 1.807) is 0 Å². The average Bonchev–Trinajstić information content (AvgIpc) is 2.97. The van der Waals surface area contributed by atoms with Crippen LogP contribution in [0.4, 0.5) is 0 Å². The van der Waals surface area contributed by atoms with Crippen LogP contribution in [-0.2, 0) is 29.5 Å². The van der Waals surface area contributed by atoms with Crippen LogP contribution in [0, 0.1) is 0 Å². The molecule has 1 aromatic heterocycles. The molecule has 2 aromatic rings. The number of nitrogens with zero attached hydrogens (tertiary/aromatic N) is 3. The molecule has 7 heteroatoms. The van der Waals surface area contributed by atoms with Crippen LogP contribution in [0.25, 0.3) is 0 Å². The molecule has 1 aromatic carbocycles. The summed E-state index contributed by atoms with van der Waals surface area (Å²) in [5.74, 6) is 0.236. The SMILES string of the molecule is CC(C)c1ccc(CN2CCn3nc([C@@H](O)CS(C)(=O)=O)cc3C2)cc1. The molecule has 0 bridgehead atoms. The molecule has 1 atom stereocenters. The van der Waals surface area contributed by atoms with E-state index < -0.39 is 15.9 Å². The second kappa shape index (κ2) is 7.50. The van der Waals surface area contributed by atoms with Gasteiger partial charge in [0.25, 0.3) is 0 Å². The van der Waals surface area contributed by atoms with E-state index in [-0.39, 0.29) is 5.75 Å². The summed E-state index contributed by atoms with van der Waals surface area (Å²) in [4.78, 5) is 2.34. The molecule has 3 rings (SSSR count). The third-order valence-corrected chi connectivity index (χ3v) is 5.67. The standard InChI is InChI=1S/C19H27N3O3S/c1-14(2)16-6-4-15(5-7-16)11-21-8-9-22-17(12-21)10-18(20-22)19(23)13-26(3,24)25/h4-7,10,14,19,23H,8-9,11-13H2,1-3H3/t19-/m0/s1. The van der Waals surface area contributed by atoms with Gasteiger partial charge in [-0.15, -0.1) is 0 Å². The largest absolute Gasteiger partial charge is 0.386 e. The minimum atomic E-state index is -3.24. The van der Waals surface area contributed by atoms with Crippen LogP contribution >= 0.6 is 0 Å². The van der Waals surface area contributed by atoms with Gasteiger partial charge in [-0.05, 0) is 23.1 Å². The number of sulfone groups is 1. The van der Waals surface area contributed by atoms with Gasteiger partial charge in [-0.1, -0.05) is 38.1 Å². The smallest absolute Gasteiger partial charge is 0.150 e. The zero-order chi connectivity index (χ0) is 18.9. The van der Waals surface area contributed by atoms with Gasteiger partial charge in [-0.2, -0.15) is 5.10 Å². The van der Waals surface area contributed by atoms with Crippen molar-refractivity contribution in [2.24, 2.45) is 0 Å². The van der Waals surface area contributed by atoms with E-state index in [1.165, 1.54) is 11.1 Å². The van der Waals surface area contributed by atoms with Crippen LogP contribution in [0.15, 0.2) is 30.3 Å². The Morgan fingerprint density at radius 2 is 1.88 bits per heavy atom. The van der Waals surface area contributed by atoms with E-state index in [2.05, 4.69) is 48.1 Å². The predicted molar refractivity (Wildman–Crippen MR) is 102 cm³/mol. The molecule has 2 heterocycles. The van der Waals surface area contributed by atoms with Crippen molar-refractivity contribution < 1.29 is 13.5 Å². The van der Waals surface area contributed by atoms with E-state index in [0.717, 1.165) is 38.1 Å². The van der Waals surface area contributed by atoms with Crippen LogP contribution in [0.1, 0.15) is 48.4 Å². The number of hydrogen-bond acceptors (Lipinski definition) is 5. The van der Waals surface area contributed by atoms with Gasteiger partial charge in [0, 0.05) is 25.9 Å². The Kier molecular flexibility index (Phi) is 5.50. The maximum atomic E-state index is 11.4. The summed E-state index contributed by atoms with van der Waals surface area (Å²) in [7, 11) is -3.24. The fourth-order valence-electron chi connectivity index (χ4n) is 3.28. The maximum absolute atomic E-state index is 11.4. The molecule has 0 radical (unpaired) electrons. The number of aliphatic hydroxyl groups excluding tert-OH is 1. The Hall–Kier alpha value is -1.70. The molecule has 1 aliphatic heterocycles. The van der Waals surface area contributed by atoms with Crippen molar-refractivity contribution >= 4 is 9.84 Å². The van der Waals surface area contributed by atoms with Gasteiger partial charge in [-0.3, -0.25) is 9.58 Å². The van der Waals surface area contributed by atoms with Gasteiger partial charge in [-0.25, -0.2) is 8.42 Å². The molecule has 0 spiro atoms. The average molecular weight is 378 g/mol. The normalized spacial score (nSPS) is 16.7. The van der Waals surface area contributed by atoms with E-state index in [1.807, 2.05) is 10.7 Å². The Morgan fingerprint density at radius 3 is 2.50 bits per heavy atom. The molecular formula is C19H27N3O3S. The fraction of sp³-hybridized carbons (Fsp3) is 0.526. The molecule has 0 unspecified atom stereocenters. The van der Waals surface area contributed by atoms with Crippen molar-refractivity contribution in [3.8, 4) is 0 Å². The first-order valence-corrected chi connectivity index (χ1v) is 11.0. The van der Waals surface area contributed by atoms with Crippen molar-refractivity contribution in [1.82, 2.24) is 14.7 Å². The van der Waals surface area contributed by atoms with Gasteiger partial charge in [0.05, 0.1) is 23.7 Å². The van der Waals surface area contributed by atoms with E-state index in [0.29, 0.717) is 11.6 Å². The lowest BCUT2D eigenvalue weighted by molar-refractivity contribution is 0.191. The highest BCUT2D eigenvalue weighted by molar-refractivity contribution is 7.90. The Morgan fingerprint density at radius 1 is 1.19 bits per heavy atom. The Labute approximate surface area is 155 Å². The molecule has 1 N–H and O–H groups in total. The predicted octanol–water partition coefficient (Wildman–Crippen LogP) is 2.10. The minimum absolute atomic E-state index is 0.296. The zero-order valence-corrected chi connectivity index (χ0v) is 16.4. The molecular weight excluding hydrogens is 350 g/mol. The van der Waals surface area contributed by atoms with Gasteiger partial charge in [0.1, 0.15) is 15.9 Å². The summed E-state index contributed by atoms with van der Waals surface area (Å²) in [5.41, 5.74) is 4.07. The number of fused-ring (bicyclic) bond motifs is 1. The van der Waals surface area contributed by atoms with E-state index >= 15 is 0 Å². The number of hydrogen-bond donors (Lipinski definition) is 1. The molecule has 0 amide bonds. The second-order valence-corrected chi connectivity index (χ2v) is 9.68. The maximum Gasteiger partial charge on any atom is 0.150 e. The molecule has 0 saturated heterocycles. The molecule has 6 nitrogen and oxygen atoms in total. The first-order valence-electron chi connectivity index (χ1n) is 8.95. The molecule has 142 valence electrons. The van der Waals surface area contributed by atoms with Gasteiger partial charge >= 0.3 is 0 Å². The monoisotopic (exact) mass is 377 g/mol. The lowest BCUT2D eigenvalue weighted by Crippen LogP contribution is -2.33. The van der Waals surface area contributed by atoms with Crippen LogP contribution < -0.4 is 0 Å². The van der Waals surface area contributed by atoms with Crippen molar-refractivity contribution in [3.05, 3.63) is 52.8 Å². The lowest BCUT2D eigenvalue weighted by atomic mass is 10.0. The summed E-state index contributed by atoms with van der Waals surface area (Å²) < 4.78 is 24.6. The summed E-state index contributed by atoms with van der Waals surface area (Å²) in [6.07, 6.45) is 0.0542. The quantitative estimate of drug-likeness (QED) is 0.834. The fourth-order valence-corrected chi connectivity index (χ4v) is 4.02. The van der Waals surface area contributed by atoms with Gasteiger partial charge in [0.2, 0.25) is 0 Å². The highest BCUT2D eigenvalue weighted by atomic mass is 32.2. The number of benzene rings is 1. The van der Waals surface area contributed by atoms with Crippen molar-refractivity contribution in [3.63, 3.8) is 0 Å². The first-order chi connectivity index (χ1) is 12.2. The van der Waals surface area contributed by atoms with E-state index in [4.69, 9.17) is 0 Å². The van der Waals surface area contributed by atoms with Crippen molar-refractivity contribution in [2.45, 2.75) is 45.5 Å². The van der Waals surface area contributed by atoms with Crippen LogP contribution in [0.3, 0.4) is 0 Å². The van der Waals surface area contributed by atoms with Crippen molar-refractivity contribution in [2.75, 3.05) is 18.6 Å². The van der Waals surface area contributed by atoms with Gasteiger partial charge < -0.3 is 5.11 Å². The van der Waals surface area contributed by atoms with Crippen molar-refractivity contribution in [1.29, 1.82) is 0 Å². The summed E-state index contributed by atoms with van der Waals surface area (Å²) in [6, 6.07) is 10.6. The zero-order valence-electron chi connectivity index (χ0n) is 15.6. The number of aliphatic hydroxyl groups is 1. The molecule has 0 aliphatic carbocycles. The van der Waals surface area contributed by atoms with Crippen LogP contribution in [0.2, 0.25) is 0 Å². The highest BCUT2D eigenvalue weighted by Crippen LogP contribution is 2.21. The molecule has 0 fully saturated rings. The number of aromatic nitrogens is 2. The molecule has 0 saturated carbocycles. The molecule has 1 aliphatic rings.